The van der Waals surface area contributed by atoms with Crippen LogP contribution in [0.25, 0.3) is 0 Å². The summed E-state index contributed by atoms with van der Waals surface area (Å²) in [6.45, 7) is 3.36. The van der Waals surface area contributed by atoms with Crippen molar-refractivity contribution in [3.63, 3.8) is 0 Å². The predicted molar refractivity (Wildman–Crippen MR) is 101 cm³/mol. The van der Waals surface area contributed by atoms with E-state index in [0.717, 1.165) is 44.9 Å². The maximum absolute atomic E-state index is 13.0. The van der Waals surface area contributed by atoms with Crippen LogP contribution in [0.5, 0.6) is 0 Å². The molecular formula is C18H28N2O4S2. The minimum Gasteiger partial charge on any atom is -0.207 e. The molecule has 0 aromatic heterocycles. The Hall–Kier alpha value is -0.960. The Kier molecular flexibility index (Phi) is 6.06. The standard InChI is InChI=1S/C18H28N2O4S2/c1-2-20(16-8-4-3-5-9-16)26(23,24)18-12-10-17(11-13-18)25(21,22)19-14-6-7-15-19/h10-13,16H,2-9,14-15H2,1H3. The van der Waals surface area contributed by atoms with Crippen LogP contribution in [0.2, 0.25) is 0 Å². The summed E-state index contributed by atoms with van der Waals surface area (Å²) in [5.74, 6) is 0. The fourth-order valence-electron chi connectivity index (χ4n) is 3.99. The van der Waals surface area contributed by atoms with Crippen LogP contribution in [0.1, 0.15) is 51.9 Å². The molecule has 0 spiro atoms. The van der Waals surface area contributed by atoms with Crippen LogP contribution >= 0.6 is 0 Å². The van der Waals surface area contributed by atoms with Gasteiger partial charge in [-0.15, -0.1) is 0 Å². The minimum atomic E-state index is -3.61. The molecule has 1 aromatic rings. The molecule has 0 radical (unpaired) electrons. The Balaban J connectivity index is 1.84. The van der Waals surface area contributed by atoms with E-state index in [-0.39, 0.29) is 15.8 Å². The SMILES string of the molecule is CCN(C1CCCCC1)S(=O)(=O)c1ccc(S(=O)(=O)N2CCCC2)cc1. The zero-order valence-electron chi connectivity index (χ0n) is 15.3. The summed E-state index contributed by atoms with van der Waals surface area (Å²) >= 11 is 0. The molecule has 26 heavy (non-hydrogen) atoms. The van der Waals surface area contributed by atoms with Crippen molar-refractivity contribution in [2.75, 3.05) is 19.6 Å². The van der Waals surface area contributed by atoms with Gasteiger partial charge >= 0.3 is 0 Å². The normalized spacial score (nSPS) is 20.7. The van der Waals surface area contributed by atoms with Crippen LogP contribution in [-0.4, -0.2) is 51.1 Å². The van der Waals surface area contributed by atoms with Crippen LogP contribution in [0.15, 0.2) is 34.1 Å². The Morgan fingerprint density at radius 2 is 1.42 bits per heavy atom. The molecule has 1 saturated heterocycles. The molecule has 1 saturated carbocycles. The molecule has 1 aliphatic carbocycles. The van der Waals surface area contributed by atoms with Gasteiger partial charge in [-0.2, -0.15) is 8.61 Å². The molecule has 6 nitrogen and oxygen atoms in total. The molecular weight excluding hydrogens is 372 g/mol. The summed E-state index contributed by atoms with van der Waals surface area (Å²) in [6, 6.07) is 5.77. The molecule has 0 N–H and O–H groups in total. The van der Waals surface area contributed by atoms with Crippen molar-refractivity contribution < 1.29 is 16.8 Å². The number of sulfonamides is 2. The van der Waals surface area contributed by atoms with Gasteiger partial charge in [0.25, 0.3) is 0 Å². The first kappa shape index (κ1) is 19.8. The third-order valence-electron chi connectivity index (χ3n) is 5.43. The molecule has 2 fully saturated rings. The largest absolute Gasteiger partial charge is 0.243 e. The highest BCUT2D eigenvalue weighted by molar-refractivity contribution is 7.89. The van der Waals surface area contributed by atoms with Crippen molar-refractivity contribution in [1.29, 1.82) is 0 Å². The zero-order chi connectivity index (χ0) is 18.8. The van der Waals surface area contributed by atoms with Gasteiger partial charge in [0.05, 0.1) is 9.79 Å². The Labute approximate surface area is 157 Å². The lowest BCUT2D eigenvalue weighted by atomic mass is 9.95. The first-order chi connectivity index (χ1) is 12.4. The average Bonchev–Trinajstić information content (AvgIpc) is 3.19. The number of nitrogens with zero attached hydrogens (tertiary/aromatic N) is 2. The van der Waals surface area contributed by atoms with Gasteiger partial charge in [0.1, 0.15) is 0 Å². The lowest BCUT2D eigenvalue weighted by Crippen LogP contribution is -2.41. The van der Waals surface area contributed by atoms with Crippen molar-refractivity contribution in [2.45, 2.75) is 67.7 Å². The highest BCUT2D eigenvalue weighted by Crippen LogP contribution is 2.28. The molecule has 0 unspecified atom stereocenters. The summed E-state index contributed by atoms with van der Waals surface area (Å²) in [4.78, 5) is 0.337. The van der Waals surface area contributed by atoms with E-state index in [4.69, 9.17) is 0 Å². The van der Waals surface area contributed by atoms with E-state index in [2.05, 4.69) is 0 Å². The van der Waals surface area contributed by atoms with Crippen LogP contribution in [0, 0.1) is 0 Å². The van der Waals surface area contributed by atoms with Crippen LogP contribution < -0.4 is 0 Å². The zero-order valence-corrected chi connectivity index (χ0v) is 16.9. The van der Waals surface area contributed by atoms with E-state index in [1.807, 2.05) is 6.92 Å². The second-order valence-corrected chi connectivity index (χ2v) is 10.9. The van der Waals surface area contributed by atoms with Crippen molar-refractivity contribution >= 4 is 20.0 Å². The van der Waals surface area contributed by atoms with Gasteiger partial charge in [-0.25, -0.2) is 16.8 Å². The second kappa shape index (κ2) is 7.96. The summed E-state index contributed by atoms with van der Waals surface area (Å²) < 4.78 is 54.3. The van der Waals surface area contributed by atoms with Gasteiger partial charge < -0.3 is 0 Å². The maximum Gasteiger partial charge on any atom is 0.243 e. The second-order valence-electron chi connectivity index (χ2n) is 7.08. The Morgan fingerprint density at radius 1 is 0.885 bits per heavy atom. The quantitative estimate of drug-likeness (QED) is 0.736. The number of benzene rings is 1. The molecule has 8 heteroatoms. The predicted octanol–water partition coefficient (Wildman–Crippen LogP) is 2.81. The van der Waals surface area contributed by atoms with E-state index < -0.39 is 20.0 Å². The monoisotopic (exact) mass is 400 g/mol. The fourth-order valence-corrected chi connectivity index (χ4v) is 7.20. The van der Waals surface area contributed by atoms with Gasteiger partial charge in [0.15, 0.2) is 0 Å². The van der Waals surface area contributed by atoms with E-state index in [9.17, 15) is 16.8 Å². The third-order valence-corrected chi connectivity index (χ3v) is 9.38. The number of rotatable bonds is 6. The summed E-state index contributed by atoms with van der Waals surface area (Å²) in [6.07, 6.45) is 6.82. The van der Waals surface area contributed by atoms with Gasteiger partial charge in [0, 0.05) is 25.7 Å². The summed E-state index contributed by atoms with van der Waals surface area (Å²) in [7, 11) is -7.13. The van der Waals surface area contributed by atoms with Crippen molar-refractivity contribution in [3.05, 3.63) is 24.3 Å². The smallest absolute Gasteiger partial charge is 0.207 e. The van der Waals surface area contributed by atoms with E-state index in [1.165, 1.54) is 28.6 Å². The third kappa shape index (κ3) is 3.83. The first-order valence-corrected chi connectivity index (χ1v) is 12.4. The Morgan fingerprint density at radius 3 is 1.96 bits per heavy atom. The molecule has 3 rings (SSSR count). The average molecular weight is 401 g/mol. The first-order valence-electron chi connectivity index (χ1n) is 9.49. The molecule has 146 valence electrons. The van der Waals surface area contributed by atoms with Gasteiger partial charge in [-0.05, 0) is 49.9 Å². The van der Waals surface area contributed by atoms with Gasteiger partial charge in [-0.3, -0.25) is 0 Å². The van der Waals surface area contributed by atoms with Crippen LogP contribution in [0.4, 0.5) is 0 Å². The Bertz CT molecular complexity index is 807. The molecule has 0 atom stereocenters. The highest BCUT2D eigenvalue weighted by Gasteiger charge is 2.32. The van der Waals surface area contributed by atoms with Crippen molar-refractivity contribution in [2.24, 2.45) is 0 Å². The van der Waals surface area contributed by atoms with Crippen LogP contribution in [-0.2, 0) is 20.0 Å². The molecule has 1 heterocycles. The molecule has 1 aliphatic heterocycles. The summed E-state index contributed by atoms with van der Waals surface area (Å²) in [5.41, 5.74) is 0. The fraction of sp³-hybridized carbons (Fsp3) is 0.667. The van der Waals surface area contributed by atoms with Gasteiger partial charge in [0.2, 0.25) is 20.0 Å². The molecule has 2 aliphatic rings. The van der Waals surface area contributed by atoms with E-state index >= 15 is 0 Å². The van der Waals surface area contributed by atoms with Crippen molar-refractivity contribution in [1.82, 2.24) is 8.61 Å². The minimum absolute atomic E-state index is 0.0479. The highest BCUT2D eigenvalue weighted by atomic mass is 32.2. The summed E-state index contributed by atoms with van der Waals surface area (Å²) in [5, 5.41) is 0. The lowest BCUT2D eigenvalue weighted by Gasteiger charge is -2.32. The van der Waals surface area contributed by atoms with E-state index in [1.54, 1.807) is 4.31 Å². The van der Waals surface area contributed by atoms with Crippen molar-refractivity contribution in [3.8, 4) is 0 Å². The van der Waals surface area contributed by atoms with Gasteiger partial charge in [-0.1, -0.05) is 26.2 Å². The maximum atomic E-state index is 13.0. The molecule has 1 aromatic carbocycles. The number of hydrogen-bond donors (Lipinski definition) is 0. The van der Waals surface area contributed by atoms with E-state index in [0.29, 0.717) is 19.6 Å². The van der Waals surface area contributed by atoms with Crippen LogP contribution in [0.3, 0.4) is 0 Å². The molecule has 0 amide bonds. The number of hydrogen-bond acceptors (Lipinski definition) is 4. The lowest BCUT2D eigenvalue weighted by molar-refractivity contribution is 0.261. The topological polar surface area (TPSA) is 74.8 Å². The molecule has 0 bridgehead atoms.